The van der Waals surface area contributed by atoms with E-state index in [0.717, 1.165) is 4.90 Å². The first-order valence-corrected chi connectivity index (χ1v) is 6.95. The fourth-order valence-corrected chi connectivity index (χ4v) is 2.96. The maximum atomic E-state index is 12.6. The van der Waals surface area contributed by atoms with Gasteiger partial charge in [0.2, 0.25) is 5.91 Å². The van der Waals surface area contributed by atoms with Gasteiger partial charge in [0.05, 0.1) is 17.8 Å². The molecule has 0 bridgehead atoms. The molecule has 1 N–H and O–H groups in total. The van der Waals surface area contributed by atoms with Crippen LogP contribution in [-0.2, 0) is 19.1 Å². The summed E-state index contributed by atoms with van der Waals surface area (Å²) in [6.07, 6.45) is 0. The van der Waals surface area contributed by atoms with E-state index >= 15 is 0 Å². The molecule has 22 heavy (non-hydrogen) atoms. The maximum Gasteiger partial charge on any atom is 0.355 e. The van der Waals surface area contributed by atoms with Gasteiger partial charge in [-0.05, 0) is 18.2 Å². The lowest BCUT2D eigenvalue weighted by Gasteiger charge is -2.17. The average Bonchev–Trinajstić information content (AvgIpc) is 3.01. The fourth-order valence-electron chi connectivity index (χ4n) is 2.46. The molecule has 9 heteroatoms. The van der Waals surface area contributed by atoms with E-state index in [9.17, 15) is 14.4 Å². The van der Waals surface area contributed by atoms with Gasteiger partial charge >= 0.3 is 5.97 Å². The molecule has 2 unspecified atom stereocenters. The van der Waals surface area contributed by atoms with Crippen molar-refractivity contribution >= 4 is 52.4 Å². The molecule has 3 rings (SSSR count). The molecule has 0 spiro atoms. The van der Waals surface area contributed by atoms with E-state index in [1.165, 1.54) is 25.3 Å². The molecule has 2 atom stereocenters. The highest BCUT2D eigenvalue weighted by atomic mass is 35.5. The highest BCUT2D eigenvalue weighted by Crippen LogP contribution is 2.35. The number of halogens is 2. The number of hydrogen-bond donors (Lipinski definition) is 1. The number of fused-ring (bicyclic) bond motifs is 1. The van der Waals surface area contributed by atoms with Gasteiger partial charge in [0, 0.05) is 5.02 Å². The highest BCUT2D eigenvalue weighted by Gasteiger charge is 2.56. The Morgan fingerprint density at radius 2 is 2.05 bits per heavy atom. The number of nitrogens with one attached hydrogen (secondary N) is 1. The highest BCUT2D eigenvalue weighted by molar-refractivity contribution is 6.47. The Labute approximate surface area is 134 Å². The zero-order chi connectivity index (χ0) is 16.0. The minimum atomic E-state index is -1.02. The summed E-state index contributed by atoms with van der Waals surface area (Å²) in [5.41, 5.74) is 2.58. The van der Waals surface area contributed by atoms with Gasteiger partial charge in [-0.3, -0.25) is 15.0 Å². The van der Waals surface area contributed by atoms with Gasteiger partial charge in [0.15, 0.2) is 5.71 Å². The van der Waals surface area contributed by atoms with Crippen LogP contribution >= 0.6 is 23.2 Å². The summed E-state index contributed by atoms with van der Waals surface area (Å²) in [6.45, 7) is 0. The largest absolute Gasteiger partial charge is 0.464 e. The third-order valence-corrected chi connectivity index (χ3v) is 4.01. The first-order chi connectivity index (χ1) is 10.5. The van der Waals surface area contributed by atoms with E-state index in [1.54, 1.807) is 0 Å². The molecule has 0 saturated carbocycles. The molecule has 1 fully saturated rings. The average molecular weight is 342 g/mol. The number of carbonyl (C=O) groups is 3. The summed E-state index contributed by atoms with van der Waals surface area (Å²) < 4.78 is 4.57. The number of amides is 2. The minimum Gasteiger partial charge on any atom is -0.464 e. The van der Waals surface area contributed by atoms with Gasteiger partial charge in [0.25, 0.3) is 5.91 Å². The normalized spacial score (nSPS) is 23.2. The lowest BCUT2D eigenvalue weighted by atomic mass is 9.99. The molecule has 2 aliphatic heterocycles. The van der Waals surface area contributed by atoms with Crippen molar-refractivity contribution < 1.29 is 19.1 Å². The van der Waals surface area contributed by atoms with Gasteiger partial charge in [0.1, 0.15) is 12.0 Å². The molecule has 2 heterocycles. The number of carbonyl (C=O) groups excluding carboxylic acids is 3. The van der Waals surface area contributed by atoms with Crippen LogP contribution in [0, 0.1) is 5.92 Å². The van der Waals surface area contributed by atoms with Crippen LogP contribution in [-0.4, -0.2) is 36.6 Å². The Hall–Kier alpha value is -2.12. The van der Waals surface area contributed by atoms with Crippen LogP contribution in [0.15, 0.2) is 23.3 Å². The summed E-state index contributed by atoms with van der Waals surface area (Å²) in [6, 6.07) is 3.47. The van der Waals surface area contributed by atoms with E-state index in [-0.39, 0.29) is 16.4 Å². The Kier molecular flexibility index (Phi) is 3.54. The Morgan fingerprint density at radius 3 is 2.68 bits per heavy atom. The molecular formula is C13H9Cl2N3O4. The molecule has 114 valence electrons. The molecule has 0 aromatic heterocycles. The summed E-state index contributed by atoms with van der Waals surface area (Å²) in [5.74, 6) is -2.91. The summed E-state index contributed by atoms with van der Waals surface area (Å²) >= 11 is 11.9. The second-order valence-corrected chi connectivity index (χ2v) is 5.52. The van der Waals surface area contributed by atoms with Crippen molar-refractivity contribution in [3.63, 3.8) is 0 Å². The molecular weight excluding hydrogens is 333 g/mol. The Bertz CT molecular complexity index is 734. The summed E-state index contributed by atoms with van der Waals surface area (Å²) in [5, 5.41) is 4.26. The van der Waals surface area contributed by atoms with Gasteiger partial charge in [-0.15, -0.1) is 0 Å². The topological polar surface area (TPSA) is 88.1 Å². The number of nitrogens with zero attached hydrogens (tertiary/aromatic N) is 2. The van der Waals surface area contributed by atoms with Gasteiger partial charge in [-0.1, -0.05) is 23.2 Å². The standard InChI is InChI=1S/C13H9Cl2N3O4/c1-22-13(21)10-8-9(16-17-10)12(20)18(11(8)19)7-3-2-5(14)4-6(7)15/h2-4,8-9,16H,1H3. The quantitative estimate of drug-likeness (QED) is 0.640. The molecule has 0 aliphatic carbocycles. The van der Waals surface area contributed by atoms with Crippen molar-refractivity contribution in [1.29, 1.82) is 0 Å². The van der Waals surface area contributed by atoms with Crippen LogP contribution in [0.2, 0.25) is 10.0 Å². The smallest absolute Gasteiger partial charge is 0.355 e. The van der Waals surface area contributed by atoms with Crippen molar-refractivity contribution in [3.05, 3.63) is 28.2 Å². The van der Waals surface area contributed by atoms with Crippen molar-refractivity contribution in [2.75, 3.05) is 12.0 Å². The number of esters is 1. The lowest BCUT2D eigenvalue weighted by Crippen LogP contribution is -2.36. The van der Waals surface area contributed by atoms with Crippen molar-refractivity contribution in [2.45, 2.75) is 6.04 Å². The van der Waals surface area contributed by atoms with E-state index < -0.39 is 29.7 Å². The lowest BCUT2D eigenvalue weighted by molar-refractivity contribution is -0.133. The SMILES string of the molecule is COC(=O)C1=NNC2C(=O)N(c3ccc(Cl)cc3Cl)C(=O)C12. The maximum absolute atomic E-state index is 12.6. The predicted molar refractivity (Wildman–Crippen MR) is 78.8 cm³/mol. The van der Waals surface area contributed by atoms with Gasteiger partial charge in [-0.2, -0.15) is 5.10 Å². The number of rotatable bonds is 2. The molecule has 2 amide bonds. The number of ether oxygens (including phenoxy) is 1. The van der Waals surface area contributed by atoms with Crippen LogP contribution in [0.4, 0.5) is 5.69 Å². The van der Waals surface area contributed by atoms with Crippen LogP contribution in [0.3, 0.4) is 0 Å². The minimum absolute atomic E-state index is 0.126. The Morgan fingerprint density at radius 1 is 1.32 bits per heavy atom. The van der Waals surface area contributed by atoms with E-state index in [4.69, 9.17) is 23.2 Å². The monoisotopic (exact) mass is 341 g/mol. The number of hydrogen-bond acceptors (Lipinski definition) is 6. The number of methoxy groups -OCH3 is 1. The zero-order valence-electron chi connectivity index (χ0n) is 11.2. The Balaban J connectivity index is 2.00. The van der Waals surface area contributed by atoms with Gasteiger partial charge < -0.3 is 4.74 Å². The molecule has 1 saturated heterocycles. The van der Waals surface area contributed by atoms with Crippen molar-refractivity contribution in [1.82, 2.24) is 5.43 Å². The van der Waals surface area contributed by atoms with E-state index in [2.05, 4.69) is 15.3 Å². The molecule has 1 aromatic carbocycles. The molecule has 2 aliphatic rings. The zero-order valence-corrected chi connectivity index (χ0v) is 12.7. The van der Waals surface area contributed by atoms with Gasteiger partial charge in [-0.25, -0.2) is 9.69 Å². The first kappa shape index (κ1) is 14.8. The number of benzene rings is 1. The summed E-state index contributed by atoms with van der Waals surface area (Å²) in [7, 11) is 1.17. The summed E-state index contributed by atoms with van der Waals surface area (Å²) in [4.78, 5) is 37.5. The first-order valence-electron chi connectivity index (χ1n) is 6.20. The molecule has 0 radical (unpaired) electrons. The number of hydrazone groups is 1. The molecule has 1 aromatic rings. The van der Waals surface area contributed by atoms with Crippen LogP contribution in [0.5, 0.6) is 0 Å². The van der Waals surface area contributed by atoms with Crippen molar-refractivity contribution in [3.8, 4) is 0 Å². The van der Waals surface area contributed by atoms with Crippen LogP contribution in [0.25, 0.3) is 0 Å². The van der Waals surface area contributed by atoms with Crippen LogP contribution < -0.4 is 10.3 Å². The van der Waals surface area contributed by atoms with E-state index in [0.29, 0.717) is 5.02 Å². The van der Waals surface area contributed by atoms with Crippen molar-refractivity contribution in [2.24, 2.45) is 11.0 Å². The predicted octanol–water partition coefficient (Wildman–Crippen LogP) is 0.984. The second-order valence-electron chi connectivity index (χ2n) is 4.68. The number of anilines is 1. The third kappa shape index (κ3) is 2.05. The fraction of sp³-hybridized carbons (Fsp3) is 0.231. The van der Waals surface area contributed by atoms with E-state index in [1.807, 2.05) is 0 Å². The van der Waals surface area contributed by atoms with Crippen LogP contribution in [0.1, 0.15) is 0 Å². The second kappa shape index (κ2) is 5.26. The molecule has 7 nitrogen and oxygen atoms in total. The third-order valence-electron chi connectivity index (χ3n) is 3.47. The number of imide groups is 1.